The van der Waals surface area contributed by atoms with Crippen LogP contribution in [0.1, 0.15) is 27.0 Å². The molecule has 0 aliphatic carbocycles. The van der Waals surface area contributed by atoms with Crippen LogP contribution in [0.4, 0.5) is 4.39 Å². The Morgan fingerprint density at radius 2 is 2.04 bits per heavy atom. The monoisotopic (exact) mass is 342 g/mol. The molecule has 5 heteroatoms. The minimum Gasteiger partial charge on any atom is -0.390 e. The number of β-amino-alcohol motifs (C(OH)–C–C–N with tert-alkyl or cyclic N) is 1. The van der Waals surface area contributed by atoms with Gasteiger partial charge in [0.25, 0.3) is 5.91 Å². The molecule has 0 saturated carbocycles. The average Bonchev–Trinajstić information content (AvgIpc) is 2.62. The second kappa shape index (κ2) is 7.76. The van der Waals surface area contributed by atoms with Gasteiger partial charge >= 0.3 is 0 Å². The highest BCUT2D eigenvalue weighted by Crippen LogP contribution is 2.18. The Kier molecular flexibility index (Phi) is 5.46. The van der Waals surface area contributed by atoms with Crippen LogP contribution in [0, 0.1) is 12.7 Å². The molecule has 1 aliphatic heterocycles. The summed E-state index contributed by atoms with van der Waals surface area (Å²) >= 11 is 0. The van der Waals surface area contributed by atoms with Crippen molar-refractivity contribution in [3.8, 4) is 0 Å². The fourth-order valence-corrected chi connectivity index (χ4v) is 3.17. The van der Waals surface area contributed by atoms with Crippen LogP contribution in [-0.4, -0.2) is 41.7 Å². The van der Waals surface area contributed by atoms with Crippen molar-refractivity contribution >= 4 is 5.91 Å². The lowest BCUT2D eigenvalue weighted by atomic mass is 10.00. The van der Waals surface area contributed by atoms with E-state index in [4.69, 9.17) is 0 Å². The number of amides is 1. The molecular formula is C20H23FN2O2. The van der Waals surface area contributed by atoms with Gasteiger partial charge in [-0.3, -0.25) is 9.69 Å². The molecule has 1 amide bonds. The number of aliphatic hydroxyl groups is 1. The molecule has 1 aliphatic rings. The maximum Gasteiger partial charge on any atom is 0.251 e. The Hall–Kier alpha value is -2.24. The average molecular weight is 342 g/mol. The normalized spacial score (nSPS) is 15.5. The summed E-state index contributed by atoms with van der Waals surface area (Å²) in [7, 11) is 0. The minimum absolute atomic E-state index is 0.174. The molecule has 0 fully saturated rings. The fraction of sp³-hybridized carbons (Fsp3) is 0.350. The number of rotatable bonds is 5. The van der Waals surface area contributed by atoms with Crippen molar-refractivity contribution < 1.29 is 14.3 Å². The van der Waals surface area contributed by atoms with Crippen LogP contribution < -0.4 is 5.32 Å². The molecule has 2 aromatic carbocycles. The van der Waals surface area contributed by atoms with E-state index in [-0.39, 0.29) is 18.3 Å². The summed E-state index contributed by atoms with van der Waals surface area (Å²) in [5, 5.41) is 12.9. The third-order valence-electron chi connectivity index (χ3n) is 4.60. The fourth-order valence-electron chi connectivity index (χ4n) is 3.17. The van der Waals surface area contributed by atoms with E-state index < -0.39 is 6.10 Å². The number of nitrogens with zero attached hydrogens (tertiary/aromatic N) is 1. The van der Waals surface area contributed by atoms with E-state index in [0.29, 0.717) is 17.7 Å². The third kappa shape index (κ3) is 4.44. The van der Waals surface area contributed by atoms with Gasteiger partial charge in [-0.15, -0.1) is 0 Å². The number of aryl methyl sites for hydroxylation is 1. The predicted octanol–water partition coefficient (Wildman–Crippen LogP) is 2.28. The molecule has 2 aromatic rings. The highest BCUT2D eigenvalue weighted by atomic mass is 19.1. The molecule has 2 N–H and O–H groups in total. The topological polar surface area (TPSA) is 52.6 Å². The van der Waals surface area contributed by atoms with Crippen molar-refractivity contribution in [3.63, 3.8) is 0 Å². The van der Waals surface area contributed by atoms with Crippen molar-refractivity contribution in [2.45, 2.75) is 26.0 Å². The summed E-state index contributed by atoms with van der Waals surface area (Å²) in [4.78, 5) is 14.3. The molecule has 3 rings (SSSR count). The van der Waals surface area contributed by atoms with Gasteiger partial charge in [0.2, 0.25) is 0 Å². The van der Waals surface area contributed by atoms with Gasteiger partial charge in [-0.2, -0.15) is 0 Å². The Balaban J connectivity index is 1.49. The highest BCUT2D eigenvalue weighted by Gasteiger charge is 2.19. The highest BCUT2D eigenvalue weighted by molar-refractivity contribution is 5.94. The molecule has 0 spiro atoms. The van der Waals surface area contributed by atoms with E-state index in [1.807, 2.05) is 6.07 Å². The van der Waals surface area contributed by atoms with Gasteiger partial charge in [0, 0.05) is 31.7 Å². The van der Waals surface area contributed by atoms with Gasteiger partial charge in [-0.25, -0.2) is 4.39 Å². The number of hydrogen-bond donors (Lipinski definition) is 2. The number of carbonyl (C=O) groups excluding carboxylic acids is 1. The first kappa shape index (κ1) is 17.6. The largest absolute Gasteiger partial charge is 0.390 e. The molecule has 1 unspecified atom stereocenters. The van der Waals surface area contributed by atoms with E-state index in [0.717, 1.165) is 19.5 Å². The van der Waals surface area contributed by atoms with Crippen LogP contribution in [-0.2, 0) is 13.0 Å². The molecule has 25 heavy (non-hydrogen) atoms. The van der Waals surface area contributed by atoms with E-state index in [1.165, 1.54) is 29.3 Å². The van der Waals surface area contributed by atoms with Crippen LogP contribution in [0.5, 0.6) is 0 Å². The lowest BCUT2D eigenvalue weighted by Crippen LogP contribution is -2.42. The lowest BCUT2D eigenvalue weighted by molar-refractivity contribution is 0.0841. The molecule has 1 atom stereocenters. The van der Waals surface area contributed by atoms with E-state index in [9.17, 15) is 14.3 Å². The van der Waals surface area contributed by atoms with Crippen molar-refractivity contribution in [1.82, 2.24) is 10.2 Å². The van der Waals surface area contributed by atoms with Crippen LogP contribution in [0.3, 0.4) is 0 Å². The predicted molar refractivity (Wildman–Crippen MR) is 94.9 cm³/mol. The maximum absolute atomic E-state index is 13.3. The van der Waals surface area contributed by atoms with E-state index >= 15 is 0 Å². The first-order valence-corrected chi connectivity index (χ1v) is 8.54. The van der Waals surface area contributed by atoms with Gasteiger partial charge < -0.3 is 10.4 Å². The van der Waals surface area contributed by atoms with Crippen molar-refractivity contribution in [2.24, 2.45) is 0 Å². The molecule has 132 valence electrons. The van der Waals surface area contributed by atoms with Gasteiger partial charge in [-0.1, -0.05) is 24.3 Å². The number of carbonyl (C=O) groups is 1. The van der Waals surface area contributed by atoms with Gasteiger partial charge in [0.1, 0.15) is 5.82 Å². The molecule has 0 aromatic heterocycles. The van der Waals surface area contributed by atoms with Crippen molar-refractivity contribution in [1.29, 1.82) is 0 Å². The first-order valence-electron chi connectivity index (χ1n) is 8.54. The van der Waals surface area contributed by atoms with Crippen molar-refractivity contribution in [3.05, 3.63) is 70.5 Å². The maximum atomic E-state index is 13.3. The smallest absolute Gasteiger partial charge is 0.251 e. The Bertz CT molecular complexity index is 763. The first-order chi connectivity index (χ1) is 12.0. The van der Waals surface area contributed by atoms with Gasteiger partial charge in [0.05, 0.1) is 6.10 Å². The zero-order chi connectivity index (χ0) is 17.8. The van der Waals surface area contributed by atoms with Crippen LogP contribution in [0.15, 0.2) is 42.5 Å². The molecule has 0 bridgehead atoms. The standard InChI is InChI=1S/C20H23FN2O2/c1-14-10-16(6-7-19(14)21)20(25)22-11-18(24)13-23-9-8-15-4-2-3-5-17(15)12-23/h2-7,10,18,24H,8-9,11-13H2,1H3,(H,22,25). The second-order valence-electron chi connectivity index (χ2n) is 6.58. The number of benzene rings is 2. The zero-order valence-corrected chi connectivity index (χ0v) is 14.3. The van der Waals surface area contributed by atoms with Crippen LogP contribution in [0.2, 0.25) is 0 Å². The molecule has 1 heterocycles. The molecule has 4 nitrogen and oxygen atoms in total. The Morgan fingerprint density at radius 1 is 1.28 bits per heavy atom. The zero-order valence-electron chi connectivity index (χ0n) is 14.3. The van der Waals surface area contributed by atoms with Crippen molar-refractivity contribution in [2.75, 3.05) is 19.6 Å². The summed E-state index contributed by atoms with van der Waals surface area (Å²) in [5.41, 5.74) is 3.50. The number of hydrogen-bond acceptors (Lipinski definition) is 3. The van der Waals surface area contributed by atoms with Gasteiger partial charge in [-0.05, 0) is 48.2 Å². The van der Waals surface area contributed by atoms with Gasteiger partial charge in [0.15, 0.2) is 0 Å². The minimum atomic E-state index is -0.643. The summed E-state index contributed by atoms with van der Waals surface area (Å²) in [6.07, 6.45) is 0.333. The van der Waals surface area contributed by atoms with Crippen LogP contribution in [0.25, 0.3) is 0 Å². The van der Waals surface area contributed by atoms with E-state index in [2.05, 4.69) is 28.4 Å². The number of fused-ring (bicyclic) bond motifs is 1. The summed E-state index contributed by atoms with van der Waals surface area (Å²) in [5.74, 6) is -0.631. The Morgan fingerprint density at radius 3 is 2.80 bits per heavy atom. The molecule has 0 saturated heterocycles. The quantitative estimate of drug-likeness (QED) is 0.877. The van der Waals surface area contributed by atoms with Crippen LogP contribution >= 0.6 is 0 Å². The SMILES string of the molecule is Cc1cc(C(=O)NCC(O)CN2CCc3ccccc3C2)ccc1F. The number of aliphatic hydroxyl groups excluding tert-OH is 1. The number of nitrogens with one attached hydrogen (secondary N) is 1. The van der Waals surface area contributed by atoms with E-state index in [1.54, 1.807) is 6.92 Å². The lowest BCUT2D eigenvalue weighted by Gasteiger charge is -2.30. The Labute approximate surface area is 147 Å². The molecule has 0 radical (unpaired) electrons. The number of halogens is 1. The second-order valence-corrected chi connectivity index (χ2v) is 6.58. The third-order valence-corrected chi connectivity index (χ3v) is 4.60. The summed E-state index contributed by atoms with van der Waals surface area (Å²) in [6.45, 7) is 4.02. The summed E-state index contributed by atoms with van der Waals surface area (Å²) in [6, 6.07) is 12.6. The summed E-state index contributed by atoms with van der Waals surface area (Å²) < 4.78 is 13.3. The molecular weight excluding hydrogens is 319 g/mol.